The molecule has 0 saturated carbocycles. The minimum absolute atomic E-state index is 0.0846. The average molecular weight is 253 g/mol. The van der Waals surface area contributed by atoms with Gasteiger partial charge >= 0.3 is 5.97 Å². The third-order valence-corrected chi connectivity index (χ3v) is 3.33. The normalized spacial score (nSPS) is 23.3. The fourth-order valence-corrected chi connectivity index (χ4v) is 2.55. The van der Waals surface area contributed by atoms with Crippen molar-refractivity contribution in [2.24, 2.45) is 0 Å². The van der Waals surface area contributed by atoms with Crippen LogP contribution in [-0.2, 0) is 4.79 Å². The van der Waals surface area contributed by atoms with Crippen LogP contribution in [0, 0.1) is 0 Å². The molecule has 1 aliphatic rings. The number of amides is 1. The number of H-pyrrole nitrogens is 1. The fraction of sp³-hybridized carbons (Fsp3) is 0.700. The standard InChI is InChI=1S/C10H15N5O3/c1-2-4-10(9(17)18)5-3-6-15(10)8(16)7-11-13-14-12-7/h2-6H2,1H3,(H,17,18)(H,11,12,13,14). The van der Waals surface area contributed by atoms with Crippen LogP contribution >= 0.6 is 0 Å². The molecule has 0 aromatic carbocycles. The van der Waals surface area contributed by atoms with E-state index in [0.29, 0.717) is 32.2 Å². The molecule has 2 N–H and O–H groups in total. The highest BCUT2D eigenvalue weighted by molar-refractivity contribution is 5.95. The molecule has 98 valence electrons. The fourth-order valence-electron chi connectivity index (χ4n) is 2.55. The number of tetrazole rings is 1. The number of nitrogens with zero attached hydrogens (tertiary/aromatic N) is 4. The van der Waals surface area contributed by atoms with E-state index in [1.165, 1.54) is 4.90 Å². The summed E-state index contributed by atoms with van der Waals surface area (Å²) in [6, 6.07) is 0. The molecule has 1 amide bonds. The van der Waals surface area contributed by atoms with E-state index in [2.05, 4.69) is 20.6 Å². The number of aromatic nitrogens is 4. The van der Waals surface area contributed by atoms with Gasteiger partial charge in [0.1, 0.15) is 5.54 Å². The Morgan fingerprint density at radius 3 is 2.89 bits per heavy atom. The highest BCUT2D eigenvalue weighted by Gasteiger charge is 2.50. The second kappa shape index (κ2) is 4.71. The number of nitrogens with one attached hydrogen (secondary N) is 1. The van der Waals surface area contributed by atoms with Gasteiger partial charge in [-0.2, -0.15) is 5.21 Å². The predicted molar refractivity (Wildman–Crippen MR) is 59.7 cm³/mol. The Kier molecular flexibility index (Phi) is 3.26. The van der Waals surface area contributed by atoms with Gasteiger partial charge in [0, 0.05) is 6.54 Å². The topological polar surface area (TPSA) is 112 Å². The summed E-state index contributed by atoms with van der Waals surface area (Å²) in [5.41, 5.74) is -1.12. The molecule has 2 heterocycles. The zero-order valence-electron chi connectivity index (χ0n) is 10.1. The van der Waals surface area contributed by atoms with Crippen molar-refractivity contribution < 1.29 is 14.7 Å². The van der Waals surface area contributed by atoms with Crippen molar-refractivity contribution in [3.63, 3.8) is 0 Å². The maximum atomic E-state index is 12.2. The molecule has 8 heteroatoms. The summed E-state index contributed by atoms with van der Waals surface area (Å²) >= 11 is 0. The summed E-state index contributed by atoms with van der Waals surface area (Å²) in [6.07, 6.45) is 2.28. The average Bonchev–Trinajstić information content (AvgIpc) is 2.98. The molecule has 1 aromatic heterocycles. The van der Waals surface area contributed by atoms with Gasteiger partial charge in [-0.1, -0.05) is 13.3 Å². The number of aromatic amines is 1. The van der Waals surface area contributed by atoms with Gasteiger partial charge in [-0.15, -0.1) is 10.2 Å². The Morgan fingerprint density at radius 1 is 1.56 bits per heavy atom. The first-order chi connectivity index (χ1) is 8.62. The Bertz CT molecular complexity index is 446. The lowest BCUT2D eigenvalue weighted by Crippen LogP contribution is -2.53. The van der Waals surface area contributed by atoms with E-state index in [4.69, 9.17) is 0 Å². The number of likely N-dealkylation sites (tertiary alicyclic amines) is 1. The van der Waals surface area contributed by atoms with E-state index >= 15 is 0 Å². The number of hydrogen-bond acceptors (Lipinski definition) is 5. The van der Waals surface area contributed by atoms with Crippen molar-refractivity contribution in [2.45, 2.75) is 38.1 Å². The van der Waals surface area contributed by atoms with E-state index in [1.54, 1.807) is 0 Å². The van der Waals surface area contributed by atoms with Crippen molar-refractivity contribution in [2.75, 3.05) is 6.54 Å². The van der Waals surface area contributed by atoms with Crippen LogP contribution in [0.3, 0.4) is 0 Å². The van der Waals surface area contributed by atoms with Crippen LogP contribution in [0.2, 0.25) is 0 Å². The minimum atomic E-state index is -1.12. The zero-order chi connectivity index (χ0) is 13.2. The molecule has 0 spiro atoms. The van der Waals surface area contributed by atoms with Gasteiger partial charge in [-0.3, -0.25) is 4.79 Å². The molecule has 0 bridgehead atoms. The van der Waals surface area contributed by atoms with Crippen LogP contribution < -0.4 is 0 Å². The minimum Gasteiger partial charge on any atom is -0.479 e. The summed E-state index contributed by atoms with van der Waals surface area (Å²) < 4.78 is 0. The van der Waals surface area contributed by atoms with Gasteiger partial charge in [0.25, 0.3) is 11.7 Å². The first kappa shape index (κ1) is 12.5. The largest absolute Gasteiger partial charge is 0.479 e. The smallest absolute Gasteiger partial charge is 0.329 e. The van der Waals surface area contributed by atoms with Crippen LogP contribution in [0.25, 0.3) is 0 Å². The van der Waals surface area contributed by atoms with Crippen LogP contribution in [0.4, 0.5) is 0 Å². The number of aliphatic carboxylic acids is 1. The quantitative estimate of drug-likeness (QED) is 0.784. The molecule has 2 rings (SSSR count). The number of carbonyl (C=O) groups excluding carboxylic acids is 1. The van der Waals surface area contributed by atoms with E-state index < -0.39 is 17.4 Å². The molecule has 1 aromatic rings. The number of rotatable bonds is 4. The number of carboxylic acid groups (broad SMARTS) is 1. The predicted octanol–water partition coefficient (Wildman–Crippen LogP) is 0.0592. The third-order valence-electron chi connectivity index (χ3n) is 3.33. The van der Waals surface area contributed by atoms with Crippen LogP contribution in [0.5, 0.6) is 0 Å². The molecule has 1 unspecified atom stereocenters. The molecular formula is C10H15N5O3. The number of carbonyl (C=O) groups is 2. The van der Waals surface area contributed by atoms with Gasteiger partial charge in [-0.25, -0.2) is 4.79 Å². The molecule has 0 radical (unpaired) electrons. The first-order valence-corrected chi connectivity index (χ1v) is 5.90. The summed E-state index contributed by atoms with van der Waals surface area (Å²) in [6.45, 7) is 2.32. The molecule has 1 fully saturated rings. The molecule has 1 aliphatic heterocycles. The molecular weight excluding hydrogens is 238 g/mol. The second-order valence-corrected chi connectivity index (χ2v) is 4.38. The summed E-state index contributed by atoms with van der Waals surface area (Å²) in [5, 5.41) is 22.2. The highest BCUT2D eigenvalue weighted by Crippen LogP contribution is 2.34. The lowest BCUT2D eigenvalue weighted by Gasteiger charge is -2.33. The lowest BCUT2D eigenvalue weighted by molar-refractivity contribution is -0.148. The Morgan fingerprint density at radius 2 is 2.33 bits per heavy atom. The van der Waals surface area contributed by atoms with Crippen molar-refractivity contribution in [1.82, 2.24) is 25.5 Å². The Labute approximate surface area is 103 Å². The van der Waals surface area contributed by atoms with Gasteiger partial charge < -0.3 is 10.0 Å². The SMILES string of the molecule is CCCC1(C(=O)O)CCCN1C(=O)c1nn[nH]n1. The molecule has 1 saturated heterocycles. The third kappa shape index (κ3) is 1.83. The molecule has 18 heavy (non-hydrogen) atoms. The van der Waals surface area contributed by atoms with Crippen LogP contribution in [0.1, 0.15) is 43.2 Å². The monoisotopic (exact) mass is 253 g/mol. The number of carboxylic acids is 1. The Balaban J connectivity index is 2.30. The molecule has 0 aliphatic carbocycles. The summed E-state index contributed by atoms with van der Waals surface area (Å²) in [4.78, 5) is 25.1. The second-order valence-electron chi connectivity index (χ2n) is 4.38. The highest BCUT2D eigenvalue weighted by atomic mass is 16.4. The maximum Gasteiger partial charge on any atom is 0.329 e. The van der Waals surface area contributed by atoms with Crippen molar-refractivity contribution in [3.8, 4) is 0 Å². The summed E-state index contributed by atoms with van der Waals surface area (Å²) in [7, 11) is 0. The summed E-state index contributed by atoms with van der Waals surface area (Å²) in [5.74, 6) is -1.52. The van der Waals surface area contributed by atoms with Gasteiger partial charge in [-0.05, 0) is 24.5 Å². The van der Waals surface area contributed by atoms with E-state index in [-0.39, 0.29) is 5.82 Å². The van der Waals surface area contributed by atoms with E-state index in [9.17, 15) is 14.7 Å². The maximum absolute atomic E-state index is 12.2. The van der Waals surface area contributed by atoms with E-state index in [1.807, 2.05) is 6.92 Å². The number of hydrogen-bond donors (Lipinski definition) is 2. The van der Waals surface area contributed by atoms with Crippen molar-refractivity contribution in [3.05, 3.63) is 5.82 Å². The van der Waals surface area contributed by atoms with Crippen molar-refractivity contribution >= 4 is 11.9 Å². The van der Waals surface area contributed by atoms with Crippen molar-refractivity contribution in [1.29, 1.82) is 0 Å². The van der Waals surface area contributed by atoms with Gasteiger partial charge in [0.05, 0.1) is 0 Å². The van der Waals surface area contributed by atoms with Gasteiger partial charge in [0.2, 0.25) is 0 Å². The van der Waals surface area contributed by atoms with Gasteiger partial charge in [0.15, 0.2) is 0 Å². The Hall–Kier alpha value is -1.99. The first-order valence-electron chi connectivity index (χ1n) is 5.90. The zero-order valence-corrected chi connectivity index (χ0v) is 10.1. The van der Waals surface area contributed by atoms with E-state index in [0.717, 1.165) is 0 Å². The molecule has 1 atom stereocenters. The molecule has 8 nitrogen and oxygen atoms in total. The van der Waals surface area contributed by atoms with Crippen LogP contribution in [0.15, 0.2) is 0 Å². The van der Waals surface area contributed by atoms with Crippen LogP contribution in [-0.4, -0.2) is 54.6 Å². The lowest BCUT2D eigenvalue weighted by atomic mass is 9.90.